The highest BCUT2D eigenvalue weighted by molar-refractivity contribution is 8.61. The van der Waals surface area contributed by atoms with Gasteiger partial charge in [0.15, 0.2) is 14.9 Å². The first-order valence-electron chi connectivity index (χ1n) is 11.0. The summed E-state index contributed by atoms with van der Waals surface area (Å²) in [4.78, 5) is 12.5. The topological polar surface area (TPSA) is 46.5 Å². The van der Waals surface area contributed by atoms with E-state index in [4.69, 9.17) is 33.6 Å². The minimum atomic E-state index is -2.61. The molecule has 6 atom stereocenters. The zero-order valence-electron chi connectivity index (χ0n) is 19.8. The highest BCUT2D eigenvalue weighted by Crippen LogP contribution is 2.51. The van der Waals surface area contributed by atoms with Crippen LogP contribution in [0.4, 0.5) is 0 Å². The second-order valence-electron chi connectivity index (χ2n) is 9.10. The number of hydrogen-bond donors (Lipinski definition) is 1. The fourth-order valence-corrected chi connectivity index (χ4v) is 21.5. The molecule has 0 saturated heterocycles. The maximum atomic E-state index is 12.9. The molecule has 6 unspecified atom stereocenters. The van der Waals surface area contributed by atoms with Crippen LogP contribution in [0.2, 0.25) is 0 Å². The van der Waals surface area contributed by atoms with Crippen molar-refractivity contribution in [1.82, 2.24) is 0 Å². The van der Waals surface area contributed by atoms with Gasteiger partial charge in [-0.15, -0.1) is 16.3 Å². The van der Waals surface area contributed by atoms with Crippen LogP contribution in [0.15, 0.2) is 46.0 Å². The minimum Gasteiger partial charge on any atom is -0.362 e. The van der Waals surface area contributed by atoms with Crippen LogP contribution in [0, 0.1) is 18.3 Å². The summed E-state index contributed by atoms with van der Waals surface area (Å²) in [5, 5.41) is 6.18. The Bertz CT molecular complexity index is 1620. The van der Waals surface area contributed by atoms with E-state index in [1.165, 1.54) is 25.9 Å². The molecule has 0 aromatic rings. The Balaban J connectivity index is 1.58. The van der Waals surface area contributed by atoms with E-state index in [1.54, 1.807) is 11.5 Å². The molecule has 0 aliphatic carbocycles. The molecule has 35 heavy (non-hydrogen) atoms. The summed E-state index contributed by atoms with van der Waals surface area (Å²) < 4.78 is 18.5. The van der Waals surface area contributed by atoms with Crippen LogP contribution in [0.3, 0.4) is 0 Å². The molecule has 0 fully saturated rings. The van der Waals surface area contributed by atoms with E-state index in [2.05, 4.69) is 42.4 Å². The van der Waals surface area contributed by atoms with Crippen molar-refractivity contribution in [3.63, 3.8) is 0 Å². The molecular weight excluding hydrogens is 611 g/mol. The molecule has 0 spiro atoms. The molecule has 12 heteroatoms. The molecule has 0 bridgehead atoms. The average Bonchev–Trinajstić information content (AvgIpc) is 3.53. The quantitative estimate of drug-likeness (QED) is 0.288. The van der Waals surface area contributed by atoms with Crippen molar-refractivity contribution >= 4 is 96.7 Å². The van der Waals surface area contributed by atoms with Crippen molar-refractivity contribution < 1.29 is 13.3 Å². The summed E-state index contributed by atoms with van der Waals surface area (Å²) in [6.07, 6.45) is 12.7. The van der Waals surface area contributed by atoms with Gasteiger partial charge < -0.3 is 4.89 Å². The first-order chi connectivity index (χ1) is 16.3. The zero-order valence-corrected chi connectivity index (χ0v) is 27.3. The van der Waals surface area contributed by atoms with E-state index >= 15 is 0 Å². The van der Waals surface area contributed by atoms with Crippen LogP contribution in [-0.2, 0) is 73.4 Å². The number of hydrogen-bond acceptors (Lipinski definition) is 4. The lowest BCUT2D eigenvalue weighted by atomic mass is 10.2. The Morgan fingerprint density at radius 3 is 2.71 bits per heavy atom. The average molecular weight is 641 g/mol. The van der Waals surface area contributed by atoms with Gasteiger partial charge in [0.05, 0.1) is 6.26 Å². The summed E-state index contributed by atoms with van der Waals surface area (Å²) in [7, 11) is 1.14. The molecule has 1 N–H and O–H groups in total. The van der Waals surface area contributed by atoms with Crippen LogP contribution in [0.25, 0.3) is 0 Å². The standard InChI is InChI=1S/C23H30O3P2S7/c1-5-23-9-13-35(25,26-23)33-19(3)22-8-12-34(30,17-22)32-18(2)21-7-10-27(4,15-21)31-16-20-6-11-28(24,29)14-20/h1,6-7,9,11,13,16-17,20,23H,8,10,12,14-15H2,2-4H3,(H,24,29). The van der Waals surface area contributed by atoms with E-state index < -0.39 is 34.3 Å². The molecule has 4 rings (SSSR count). The predicted octanol–water partition coefficient (Wildman–Crippen LogP) is 3.93. The normalized spacial score (nSPS) is 39.6. The molecule has 192 valence electrons. The fraction of sp³-hybridized carbons (Fsp3) is 0.435. The molecule has 4 aliphatic heterocycles. The third-order valence-electron chi connectivity index (χ3n) is 5.97. The lowest BCUT2D eigenvalue weighted by Gasteiger charge is -2.11. The SMILES string of the molecule is C#CC1C=CS(=O)(=S=C(C)C2=CS(=S)(=S=C(C)C3=CCP(C)(=S=CC4C=CP(O)(=S)C4)C3)CC2)O1. The molecule has 0 aromatic heterocycles. The van der Waals surface area contributed by atoms with Crippen molar-refractivity contribution in [3.05, 3.63) is 46.0 Å². The second-order valence-corrected chi connectivity index (χ2v) is 31.8. The maximum Gasteiger partial charge on any atom is 0.158 e. The van der Waals surface area contributed by atoms with Gasteiger partial charge in [0.1, 0.15) is 0 Å². The maximum absolute atomic E-state index is 12.9. The molecule has 4 aliphatic rings. The van der Waals surface area contributed by atoms with Crippen molar-refractivity contribution in [2.24, 2.45) is 5.92 Å². The van der Waals surface area contributed by atoms with Crippen LogP contribution < -0.4 is 0 Å². The number of rotatable bonds is 3. The number of terminal acetylenes is 1. The first kappa shape index (κ1) is 28.5. The Hall–Kier alpha value is 0.510. The van der Waals surface area contributed by atoms with Crippen LogP contribution in [-0.4, -0.2) is 61.2 Å². The molecule has 0 aromatic carbocycles. The third-order valence-corrected chi connectivity index (χ3v) is 23.8. The van der Waals surface area contributed by atoms with Gasteiger partial charge in [-0.2, -0.15) is 10.5 Å². The van der Waals surface area contributed by atoms with E-state index in [1.807, 2.05) is 33.2 Å². The van der Waals surface area contributed by atoms with Crippen molar-refractivity contribution in [2.45, 2.75) is 26.4 Å². The molecule has 4 heterocycles. The highest BCUT2D eigenvalue weighted by Gasteiger charge is 2.23. The molecule has 3 nitrogen and oxygen atoms in total. The van der Waals surface area contributed by atoms with Crippen molar-refractivity contribution in [1.29, 1.82) is 0 Å². The summed E-state index contributed by atoms with van der Waals surface area (Å²) in [5.41, 5.74) is 2.64. The van der Waals surface area contributed by atoms with Gasteiger partial charge in [0, 0.05) is 39.1 Å². The highest BCUT2D eigenvalue weighted by atomic mass is 33.1. The fourth-order valence-electron chi connectivity index (χ4n) is 4.02. The van der Waals surface area contributed by atoms with Crippen LogP contribution >= 0.6 is 12.3 Å². The van der Waals surface area contributed by atoms with Gasteiger partial charge in [-0.25, -0.2) is 4.21 Å². The smallest absolute Gasteiger partial charge is 0.158 e. The minimum absolute atomic E-state index is 0.300. The van der Waals surface area contributed by atoms with Crippen LogP contribution in [0.1, 0.15) is 20.3 Å². The molecule has 0 radical (unpaired) electrons. The molecule has 0 saturated carbocycles. The first-order valence-corrected chi connectivity index (χ1v) is 25.1. The third kappa shape index (κ3) is 7.34. The van der Waals surface area contributed by atoms with Gasteiger partial charge in [-0.05, 0) is 78.1 Å². The summed E-state index contributed by atoms with van der Waals surface area (Å²) in [6, 6.07) is -1.17. The van der Waals surface area contributed by atoms with Crippen LogP contribution in [0.5, 0.6) is 0 Å². The van der Waals surface area contributed by atoms with E-state index in [0.29, 0.717) is 12.1 Å². The van der Waals surface area contributed by atoms with Gasteiger partial charge >= 0.3 is 0 Å². The van der Waals surface area contributed by atoms with Gasteiger partial charge in [-0.3, -0.25) is 4.18 Å². The Kier molecular flexibility index (Phi) is 8.92. The zero-order chi connectivity index (χ0) is 25.5. The van der Waals surface area contributed by atoms with Gasteiger partial charge in [0.2, 0.25) is 0 Å². The lowest BCUT2D eigenvalue weighted by Crippen LogP contribution is -2.06. The Morgan fingerprint density at radius 2 is 2.06 bits per heavy atom. The number of allylic oxidation sites excluding steroid dienone is 4. The van der Waals surface area contributed by atoms with E-state index in [0.717, 1.165) is 29.4 Å². The Morgan fingerprint density at radius 1 is 1.31 bits per heavy atom. The lowest BCUT2D eigenvalue weighted by molar-refractivity contribution is 0.349. The predicted molar refractivity (Wildman–Crippen MR) is 177 cm³/mol. The molecular formula is C23H30O3P2S7. The summed E-state index contributed by atoms with van der Waals surface area (Å²) in [6.45, 7) is 6.64. The van der Waals surface area contributed by atoms with E-state index in [9.17, 15) is 9.10 Å². The molecule has 0 amide bonds. The van der Waals surface area contributed by atoms with Gasteiger partial charge in [0.25, 0.3) is 0 Å². The monoisotopic (exact) mass is 640 g/mol. The summed E-state index contributed by atoms with van der Waals surface area (Å²) in [5.74, 6) is 5.61. The van der Waals surface area contributed by atoms with E-state index in [-0.39, 0.29) is 0 Å². The second kappa shape index (κ2) is 10.9. The Labute approximate surface area is 229 Å². The summed E-state index contributed by atoms with van der Waals surface area (Å²) >= 11 is 11.4. The van der Waals surface area contributed by atoms with Crippen molar-refractivity contribution in [2.75, 3.05) is 30.9 Å². The van der Waals surface area contributed by atoms with Crippen molar-refractivity contribution in [3.8, 4) is 12.3 Å². The van der Waals surface area contributed by atoms with Gasteiger partial charge in [-0.1, -0.05) is 53.0 Å². The largest absolute Gasteiger partial charge is 0.362 e.